The van der Waals surface area contributed by atoms with E-state index in [1.54, 1.807) is 35.5 Å². The van der Waals surface area contributed by atoms with Crippen molar-refractivity contribution in [1.29, 1.82) is 0 Å². The highest BCUT2D eigenvalue weighted by Crippen LogP contribution is 2.33. The number of hydrogen-bond acceptors (Lipinski definition) is 15. The van der Waals surface area contributed by atoms with Crippen molar-refractivity contribution >= 4 is 64.2 Å². The normalized spacial score (nSPS) is 19.3. The fourth-order valence-electron chi connectivity index (χ4n) is 9.18. The number of benzene rings is 1. The van der Waals surface area contributed by atoms with E-state index in [0.717, 1.165) is 37.8 Å². The highest BCUT2D eigenvalue weighted by atomic mass is 32.1. The van der Waals surface area contributed by atoms with E-state index in [9.17, 15) is 38.4 Å². The number of piperidine rings is 1. The summed E-state index contributed by atoms with van der Waals surface area (Å²) in [7, 11) is 3.73. The number of ether oxygens (including phenoxy) is 4. The van der Waals surface area contributed by atoms with Crippen LogP contribution in [0.2, 0.25) is 0 Å². The first-order valence-corrected chi connectivity index (χ1v) is 27.2. The third kappa shape index (κ3) is 20.6. The molecule has 18 nitrogen and oxygen atoms in total. The number of nitrogens with one attached hydrogen (secondary N) is 3. The lowest BCUT2D eigenvalue weighted by molar-refractivity contribution is -0.149. The van der Waals surface area contributed by atoms with Gasteiger partial charge in [0.25, 0.3) is 11.8 Å². The predicted octanol–water partition coefficient (Wildman–Crippen LogP) is 6.64. The number of likely N-dealkylation sites (N-methyl/N-ethyl adjacent to an activating group) is 1. The number of likely N-dealkylation sites (tertiary alicyclic amines) is 1. The molecule has 1 fully saturated rings. The molecule has 1 aromatic heterocycles. The number of carbonyl (C=O) groups is 8. The van der Waals surface area contributed by atoms with Crippen LogP contribution < -0.4 is 20.7 Å². The highest BCUT2D eigenvalue weighted by molar-refractivity contribution is 7.09. The van der Waals surface area contributed by atoms with Crippen LogP contribution in [0, 0.1) is 35.5 Å². The predicted molar refractivity (Wildman–Crippen MR) is 281 cm³/mol. The van der Waals surface area contributed by atoms with E-state index in [2.05, 4.69) is 32.7 Å². The van der Waals surface area contributed by atoms with Crippen LogP contribution in [-0.4, -0.2) is 134 Å². The smallest absolute Gasteiger partial charge is 0.313 e. The van der Waals surface area contributed by atoms with Crippen LogP contribution >= 0.6 is 11.3 Å². The van der Waals surface area contributed by atoms with Gasteiger partial charge in [-0.25, -0.2) is 4.98 Å². The summed E-state index contributed by atoms with van der Waals surface area (Å²) in [6.07, 6.45) is 5.09. The second kappa shape index (κ2) is 31.4. The Hall–Kier alpha value is -5.55. The molecule has 0 unspecified atom stereocenters. The van der Waals surface area contributed by atoms with Crippen molar-refractivity contribution < 1.29 is 57.3 Å². The maximum absolute atomic E-state index is 14.4. The van der Waals surface area contributed by atoms with Crippen LogP contribution in [0.5, 0.6) is 5.75 Å². The zero-order valence-corrected chi connectivity index (χ0v) is 45.8. The van der Waals surface area contributed by atoms with Crippen molar-refractivity contribution in [3.8, 4) is 17.6 Å². The molecule has 0 aliphatic carbocycles. The summed E-state index contributed by atoms with van der Waals surface area (Å²) in [6, 6.07) is 4.07. The fourth-order valence-corrected chi connectivity index (χ4v) is 10.0. The molecule has 0 saturated carbocycles. The number of amides is 4. The number of rotatable bonds is 18. The first-order valence-electron chi connectivity index (χ1n) is 26.3. The number of ketones is 2. The Morgan fingerprint density at radius 2 is 1.69 bits per heavy atom. The summed E-state index contributed by atoms with van der Waals surface area (Å²) < 4.78 is 22.7. The Balaban J connectivity index is 1.50. The van der Waals surface area contributed by atoms with Crippen molar-refractivity contribution in [2.45, 2.75) is 156 Å². The second-order valence-electron chi connectivity index (χ2n) is 20.3. The van der Waals surface area contributed by atoms with E-state index in [4.69, 9.17) is 23.9 Å². The minimum absolute atomic E-state index is 0.0239. The molecule has 1 aromatic carbocycles. The number of anilines is 1. The lowest BCUT2D eigenvalue weighted by Gasteiger charge is -2.37. The molecule has 0 bridgehead atoms. The lowest BCUT2D eigenvalue weighted by atomic mass is 9.83. The maximum Gasteiger partial charge on any atom is 0.313 e. The summed E-state index contributed by atoms with van der Waals surface area (Å²) >= 11 is 1.19. The number of carbonyl (C=O) groups excluding carboxylic acids is 8. The quantitative estimate of drug-likeness (QED) is 0.0616. The highest BCUT2D eigenvalue weighted by Gasteiger charge is 2.38. The first-order chi connectivity index (χ1) is 35.3. The van der Waals surface area contributed by atoms with Gasteiger partial charge in [-0.3, -0.25) is 43.3 Å². The van der Waals surface area contributed by atoms with Gasteiger partial charge in [0.2, 0.25) is 17.6 Å². The van der Waals surface area contributed by atoms with Crippen LogP contribution in [0.15, 0.2) is 23.6 Å². The number of fused-ring (bicyclic) bond motifs is 1. The van der Waals surface area contributed by atoms with Gasteiger partial charge in [-0.1, -0.05) is 60.5 Å². The molecule has 2 aliphatic heterocycles. The number of Topliss-reactive ketones (excluding diaryl/α,β-unsaturated/α-hetero) is 2. The Morgan fingerprint density at radius 1 is 0.946 bits per heavy atom. The number of hydrogen-bond donors (Lipinski definition) is 3. The van der Waals surface area contributed by atoms with Crippen LogP contribution in [0.4, 0.5) is 5.69 Å². The third-order valence-corrected chi connectivity index (χ3v) is 14.4. The molecular formula is C55H80N6O12S. The number of esters is 2. The summed E-state index contributed by atoms with van der Waals surface area (Å²) in [5.74, 6) is 1.30. The van der Waals surface area contributed by atoms with E-state index in [1.807, 2.05) is 48.6 Å². The van der Waals surface area contributed by atoms with Gasteiger partial charge in [0, 0.05) is 75.7 Å². The van der Waals surface area contributed by atoms with Gasteiger partial charge in [0.15, 0.2) is 17.6 Å². The van der Waals surface area contributed by atoms with Crippen LogP contribution in [0.25, 0.3) is 0 Å². The van der Waals surface area contributed by atoms with E-state index in [-0.39, 0.29) is 117 Å². The third-order valence-electron chi connectivity index (χ3n) is 13.4. The zero-order chi connectivity index (χ0) is 54.3. The molecular weight excluding hydrogens is 969 g/mol. The van der Waals surface area contributed by atoms with E-state index in [0.29, 0.717) is 37.3 Å². The van der Waals surface area contributed by atoms with Gasteiger partial charge in [0.1, 0.15) is 10.7 Å². The monoisotopic (exact) mass is 1050 g/mol. The molecule has 3 N–H and O–H groups in total. The Morgan fingerprint density at radius 3 is 2.39 bits per heavy atom. The molecule has 1 saturated heterocycles. The molecule has 0 spiro atoms. The zero-order valence-electron chi connectivity index (χ0n) is 45.0. The maximum atomic E-state index is 14.4. The molecule has 2 aromatic rings. The molecule has 4 rings (SSSR count). The Labute approximate surface area is 441 Å². The van der Waals surface area contributed by atoms with Gasteiger partial charge < -0.3 is 39.8 Å². The summed E-state index contributed by atoms with van der Waals surface area (Å²) in [5.41, 5.74) is 1.11. The van der Waals surface area contributed by atoms with Crippen molar-refractivity contribution in [2.75, 3.05) is 58.9 Å². The average molecular weight is 1050 g/mol. The van der Waals surface area contributed by atoms with E-state index < -0.39 is 53.8 Å². The lowest BCUT2D eigenvalue weighted by Crippen LogP contribution is -2.48. The second-order valence-corrected chi connectivity index (χ2v) is 21.2. The van der Waals surface area contributed by atoms with Gasteiger partial charge in [-0.2, -0.15) is 0 Å². The molecule has 0 radical (unpaired) electrons. The topological polar surface area (TPSA) is 229 Å². The van der Waals surface area contributed by atoms with Gasteiger partial charge in [-0.15, -0.1) is 11.3 Å². The van der Waals surface area contributed by atoms with Crippen LogP contribution in [0.1, 0.15) is 153 Å². The number of aromatic nitrogens is 1. The van der Waals surface area contributed by atoms with Crippen LogP contribution in [-0.2, 0) is 54.2 Å². The standard InChI is InChI=1S/C55H80N6O12S/c1-10-37(6)42(32-47(64)45-16-11-13-24-60(45)8)55(69)61(9)46(36(4)5)33-49(72-38(7)62)54-59-44(34-74-54)53(68)57-40(29-35(2)3)30-39-17-19-48-43(31-39)58-51(66)21-26-71-28-23-56-50(65)20-18-41(63)15-12-14-25-70-27-22-52(67)73-48/h17,19,31,34-37,40,42,45-46,49H,10-16,21-30,32-33H2,1-9H3,(H,56,65)(H,57,68)(H,58,66)/t37-,40+,42-,45+,46+,49+/m0/s1. The Kier molecular flexibility index (Phi) is 25.9. The van der Waals surface area contributed by atoms with Crippen molar-refractivity contribution in [1.82, 2.24) is 25.4 Å². The molecule has 2 aliphatic rings. The number of nitrogens with zero attached hydrogens (tertiary/aromatic N) is 3. The van der Waals surface area contributed by atoms with E-state index >= 15 is 0 Å². The SMILES string of the molecule is CC[C@H](C)[C@H](CC(=O)[C@H]1CCCCN1C)C(=O)N(C)[C@H](C[C@@H](OC(C)=O)c1nc(C(=O)N[C@@H](Cc2ccc3c(c2)NC(=O)CCOCCNC(=O)C#CC(=O)CCCCOCCC(=O)O3)CC(C)C)cs1)C(C)C. The minimum Gasteiger partial charge on any atom is -0.455 e. The van der Waals surface area contributed by atoms with Gasteiger partial charge in [0.05, 0.1) is 44.4 Å². The Bertz CT molecular complexity index is 2290. The summed E-state index contributed by atoms with van der Waals surface area (Å²) in [5, 5.41) is 10.6. The van der Waals surface area contributed by atoms with Gasteiger partial charge in [-0.05, 0) is 93.5 Å². The van der Waals surface area contributed by atoms with E-state index in [1.165, 1.54) is 18.3 Å². The molecule has 408 valence electrons. The molecule has 4 amide bonds. The molecule has 6 atom stereocenters. The number of thiazole rings is 1. The first kappa shape index (κ1) is 61.0. The largest absolute Gasteiger partial charge is 0.455 e. The molecule has 74 heavy (non-hydrogen) atoms. The van der Waals surface area contributed by atoms with Gasteiger partial charge >= 0.3 is 11.9 Å². The summed E-state index contributed by atoms with van der Waals surface area (Å²) in [6.45, 7) is 14.9. The minimum atomic E-state index is -0.863. The van der Waals surface area contributed by atoms with Crippen molar-refractivity contribution in [3.05, 3.63) is 39.8 Å². The fraction of sp³-hybridized carbons (Fsp3) is 0.655. The molecule has 3 heterocycles. The summed E-state index contributed by atoms with van der Waals surface area (Å²) in [4.78, 5) is 114. The van der Waals surface area contributed by atoms with Crippen LogP contribution in [0.3, 0.4) is 0 Å². The molecule has 19 heteroatoms. The van der Waals surface area contributed by atoms with Crippen molar-refractivity contribution in [3.63, 3.8) is 0 Å². The average Bonchev–Trinajstić information content (AvgIpc) is 3.85. The van der Waals surface area contributed by atoms with Crippen molar-refractivity contribution in [2.24, 2.45) is 23.7 Å².